The molecule has 0 radical (unpaired) electrons. The predicted octanol–water partition coefficient (Wildman–Crippen LogP) is 13.9. The van der Waals surface area contributed by atoms with Gasteiger partial charge in [0.1, 0.15) is 51.6 Å². The van der Waals surface area contributed by atoms with Gasteiger partial charge in [0.25, 0.3) is 0 Å². The van der Waals surface area contributed by atoms with E-state index in [-0.39, 0.29) is 36.3 Å². The van der Waals surface area contributed by atoms with Crippen LogP contribution < -0.4 is 50.9 Å². The van der Waals surface area contributed by atoms with Crippen molar-refractivity contribution in [3.05, 3.63) is 232 Å². The van der Waals surface area contributed by atoms with Gasteiger partial charge >= 0.3 is 0 Å². The van der Waals surface area contributed by atoms with Gasteiger partial charge in [0.15, 0.2) is 0 Å². The number of likely N-dealkylation sites (N-methyl/N-ethyl adjacent to an activating group) is 3. The van der Waals surface area contributed by atoms with Crippen LogP contribution in [0.3, 0.4) is 0 Å². The number of aromatic nitrogens is 12. The quantitative estimate of drug-likeness (QED) is 0.0726. The molecule has 0 amide bonds. The molecule has 20 heterocycles. The number of nitrogens with zero attached hydrogens (tertiary/aromatic N) is 19. The van der Waals surface area contributed by atoms with Gasteiger partial charge in [-0.25, -0.2) is 19.9 Å². The van der Waals surface area contributed by atoms with E-state index < -0.39 is 0 Å². The summed E-state index contributed by atoms with van der Waals surface area (Å²) < 4.78 is 14.7. The second-order valence-electron chi connectivity index (χ2n) is 34.7. The van der Waals surface area contributed by atoms with E-state index in [0.717, 1.165) is 224 Å². The fraction of sp³-hybridized carbons (Fsp3) is 0.484. The topological polar surface area (TPSA) is 213 Å². The van der Waals surface area contributed by atoms with Gasteiger partial charge in [0.05, 0.1) is 106 Å². The molecule has 25 nitrogen and oxygen atoms in total. The number of fused-ring (bicyclic) bond motifs is 4. The molecule has 1 spiro atoms. The number of nitrogens with one attached hydrogen (secondary N) is 5. The Morgan fingerprint density at radius 2 is 0.739 bits per heavy atom. The van der Waals surface area contributed by atoms with E-state index in [1.54, 1.807) is 7.11 Å². The lowest BCUT2D eigenvalue weighted by molar-refractivity contribution is 0.309. The van der Waals surface area contributed by atoms with E-state index in [2.05, 4.69) is 244 Å². The largest absolute Gasteiger partial charge is 0.495 e. The van der Waals surface area contributed by atoms with Crippen molar-refractivity contribution in [2.24, 2.45) is 0 Å². The smallest absolute Gasteiger partial charge is 0.141 e. The number of anilines is 4. The second-order valence-corrected chi connectivity index (χ2v) is 35.1. The fourth-order valence-electron chi connectivity index (χ4n) is 19.6. The zero-order valence-electron chi connectivity index (χ0n) is 70.5. The molecule has 624 valence electrons. The standard InChI is InChI=1S/C24H30N6.C24H32N6.C23H30N6O.C22H27ClN6/c1-17-5-4-12-25-23(17)19-7-2-6-18(27-19)20-15-30-21(28-20)8-3-9-22(30)29-14-13-26-24(16-29)10-11-24;1-17-7-6-12-25-23(17)19-8-4-9-20(26-19)24-18(2)30-21(27-24)10-5-11-22(30)29-15-13-28(3)14-16-29;1-27-12-14-28(15-13-27)22-10-4-9-21-26-19(16-29(21)22)17-6-3-7-18(25-17)23-20(30-2)8-5-11-24-23;1-27-11-13-28(14-12-27)21-9-3-8-20-26-19(15-29(20)21)17-6-2-7-18(25-17)22-16(23)5-4-10-24-22/h3-5,8-9,12,15,18-19,26-27H,2,6-7,10-11,13-14,16H2,1H3;5-7,10-12,19-20,26H,4,8-9,13-16H2,1-3H3;4-5,8-11,16-18,25H,3,6-7,12-15H2,1-2H3;3-5,8-10,15,17-18,25H,2,6-7,11-14H2,1H3/t18-,19+;19-,20+;2*17-,18+/m1010/s1. The summed E-state index contributed by atoms with van der Waals surface area (Å²) in [5.74, 6) is 5.85. The van der Waals surface area contributed by atoms with Gasteiger partial charge in [0.2, 0.25) is 0 Å². The minimum absolute atomic E-state index is 0.171. The molecule has 5 N–H and O–H groups in total. The van der Waals surface area contributed by atoms with Crippen LogP contribution in [0.5, 0.6) is 5.75 Å². The number of halogens is 1. The summed E-state index contributed by atoms with van der Waals surface area (Å²) in [5, 5.41) is 19.7. The Kier molecular flexibility index (Phi) is 24.3. The van der Waals surface area contributed by atoms with Crippen molar-refractivity contribution in [1.82, 2.24) is 98.8 Å². The van der Waals surface area contributed by atoms with Crippen molar-refractivity contribution in [2.75, 3.05) is 146 Å². The van der Waals surface area contributed by atoms with Gasteiger partial charge in [-0.3, -0.25) is 37.5 Å². The first-order valence-corrected chi connectivity index (χ1v) is 44.3. The molecule has 0 aromatic carbocycles. The molecule has 9 fully saturated rings. The number of piperidine rings is 4. The molecule has 1 saturated carbocycles. The third kappa shape index (κ3) is 17.7. The molecule has 119 heavy (non-hydrogen) atoms. The first kappa shape index (κ1) is 80.4. The minimum atomic E-state index is 0.171. The molecule has 8 atom stereocenters. The highest BCUT2D eigenvalue weighted by atomic mass is 35.5. The van der Waals surface area contributed by atoms with E-state index in [1.807, 2.05) is 61.2 Å². The Bertz CT molecular complexity index is 5440. The molecule has 1 aliphatic carbocycles. The Balaban J connectivity index is 0.000000109. The minimum Gasteiger partial charge on any atom is -0.495 e. The van der Waals surface area contributed by atoms with Crippen LogP contribution >= 0.6 is 11.6 Å². The van der Waals surface area contributed by atoms with Crippen LogP contribution in [0.15, 0.2) is 165 Å². The number of hydrogen-bond acceptors (Lipinski definition) is 21. The van der Waals surface area contributed by atoms with Crippen LogP contribution in [0.2, 0.25) is 5.02 Å². The molecule has 8 aliphatic heterocycles. The van der Waals surface area contributed by atoms with Crippen LogP contribution in [0.25, 0.3) is 22.6 Å². The van der Waals surface area contributed by atoms with Crippen LogP contribution in [0, 0.1) is 20.8 Å². The summed E-state index contributed by atoms with van der Waals surface area (Å²) in [4.78, 5) is 55.7. The van der Waals surface area contributed by atoms with E-state index >= 15 is 0 Å². The van der Waals surface area contributed by atoms with Crippen LogP contribution in [0.4, 0.5) is 23.3 Å². The maximum atomic E-state index is 6.40. The van der Waals surface area contributed by atoms with E-state index in [1.165, 1.54) is 82.9 Å². The molecular formula is C93H119ClN24O. The van der Waals surface area contributed by atoms with Crippen molar-refractivity contribution in [3.63, 3.8) is 0 Å². The summed E-state index contributed by atoms with van der Waals surface area (Å²) in [5.41, 5.74) is 17.1. The summed E-state index contributed by atoms with van der Waals surface area (Å²) >= 11 is 6.40. The average molecular weight is 1620 g/mol. The number of aryl methyl sites for hydroxylation is 3. The third-order valence-electron chi connectivity index (χ3n) is 26.6. The van der Waals surface area contributed by atoms with Gasteiger partial charge in [-0.05, 0) is 228 Å². The Morgan fingerprint density at radius 1 is 0.370 bits per heavy atom. The summed E-state index contributed by atoms with van der Waals surface area (Å²) in [6.45, 7) is 22.6. The third-order valence-corrected chi connectivity index (χ3v) is 26.9. The number of imidazole rings is 4. The molecule has 21 rings (SSSR count). The SMILES string of the molecule is CN1CCN(c2cccc3nc([C@@H]4CCC[C@H](c5ncccc5Cl)N4)cn23)CC1.COc1cccnc1[C@@H]1CCC[C@H](c2cn3c(N4CCN(C)CC4)cccc3n2)N1.Cc1cccnc1[C@@H]1CCC[C@H](c2cn3c(N4CCNC5(CC5)C4)cccc3n2)N1.Cc1cccnc1[C@@H]1CCC[C@H](c2nc3cccc(N4CCN(C)CC4)n3c2C)N1. The molecule has 0 unspecified atom stereocenters. The van der Waals surface area contributed by atoms with Gasteiger partial charge in [-0.2, -0.15) is 0 Å². The molecule has 8 saturated heterocycles. The Morgan fingerprint density at radius 3 is 1.18 bits per heavy atom. The first-order valence-electron chi connectivity index (χ1n) is 43.9. The van der Waals surface area contributed by atoms with Crippen LogP contribution in [0.1, 0.15) is 201 Å². The predicted molar refractivity (Wildman–Crippen MR) is 475 cm³/mol. The Hall–Kier alpha value is -9.67. The highest BCUT2D eigenvalue weighted by Crippen LogP contribution is 2.42. The van der Waals surface area contributed by atoms with Crippen molar-refractivity contribution >= 4 is 57.5 Å². The fourth-order valence-corrected chi connectivity index (χ4v) is 19.9. The zero-order chi connectivity index (χ0) is 81.1. The highest BCUT2D eigenvalue weighted by Gasteiger charge is 2.46. The van der Waals surface area contributed by atoms with E-state index in [0.29, 0.717) is 17.6 Å². The van der Waals surface area contributed by atoms with E-state index in [4.69, 9.17) is 36.3 Å². The molecule has 12 aromatic heterocycles. The molecule has 12 aromatic rings. The Labute approximate surface area is 705 Å². The van der Waals surface area contributed by atoms with Crippen LogP contribution in [-0.2, 0) is 0 Å². The number of piperazine rings is 4. The number of rotatable bonds is 13. The molecule has 0 bridgehead atoms. The molecule has 26 heteroatoms. The lowest BCUT2D eigenvalue weighted by atomic mass is 9.92. The lowest BCUT2D eigenvalue weighted by Crippen LogP contribution is -2.53. The van der Waals surface area contributed by atoms with Crippen molar-refractivity contribution in [1.29, 1.82) is 0 Å². The van der Waals surface area contributed by atoms with Gasteiger partial charge in [-0.15, -0.1) is 0 Å². The van der Waals surface area contributed by atoms with Crippen molar-refractivity contribution < 1.29 is 4.74 Å². The van der Waals surface area contributed by atoms with Crippen molar-refractivity contribution in [2.45, 2.75) is 165 Å². The summed E-state index contributed by atoms with van der Waals surface area (Å²) in [6.07, 6.45) is 30.2. The maximum absolute atomic E-state index is 6.40. The first-order chi connectivity index (χ1) is 58.2. The van der Waals surface area contributed by atoms with Gasteiger partial charge < -0.3 is 65.6 Å². The van der Waals surface area contributed by atoms with Gasteiger partial charge in [-0.1, -0.05) is 48.0 Å². The average Bonchev–Trinajstić information content (AvgIpc) is 1.62. The number of ether oxygens (including phenoxy) is 1. The molecular weight excluding hydrogens is 1500 g/mol. The summed E-state index contributed by atoms with van der Waals surface area (Å²) in [6, 6.07) is 43.9. The second kappa shape index (κ2) is 35.9. The lowest BCUT2D eigenvalue weighted by Gasteiger charge is -2.35. The van der Waals surface area contributed by atoms with Crippen molar-refractivity contribution in [3.8, 4) is 5.75 Å². The van der Waals surface area contributed by atoms with Crippen LogP contribution in [-0.4, -0.2) is 204 Å². The normalized spacial score (nSPS) is 23.9. The van der Waals surface area contributed by atoms with Gasteiger partial charge in [0, 0.05) is 153 Å². The summed E-state index contributed by atoms with van der Waals surface area (Å²) in [7, 11) is 8.29. The monoisotopic (exact) mass is 1620 g/mol. The maximum Gasteiger partial charge on any atom is 0.141 e. The highest BCUT2D eigenvalue weighted by molar-refractivity contribution is 6.31. The number of methoxy groups -OCH3 is 1. The number of hydrogen-bond donors (Lipinski definition) is 5. The molecule has 9 aliphatic rings. The van der Waals surface area contributed by atoms with E-state index in [9.17, 15) is 0 Å². The number of pyridine rings is 8. The zero-order valence-corrected chi connectivity index (χ0v) is 71.3.